The van der Waals surface area contributed by atoms with Gasteiger partial charge in [-0.3, -0.25) is 4.79 Å². The van der Waals surface area contributed by atoms with Crippen molar-refractivity contribution in [2.45, 2.75) is 38.3 Å². The number of hydrogen-bond donors (Lipinski definition) is 0. The van der Waals surface area contributed by atoms with E-state index in [9.17, 15) is 18.0 Å². The molecule has 0 unspecified atom stereocenters. The molecule has 0 atom stereocenters. The van der Waals surface area contributed by atoms with E-state index in [1.807, 2.05) is 0 Å². The number of fused-ring (bicyclic) bond motifs is 1. The first-order chi connectivity index (χ1) is 7.96. The van der Waals surface area contributed by atoms with Crippen LogP contribution in [0.15, 0.2) is 18.2 Å². The Labute approximate surface area is 97.6 Å². The molecule has 1 nitrogen and oxygen atoms in total. The SMILES string of the molecule is O=C(CC(F)(F)F)c1ccc2c(c1)CCCC2. The van der Waals surface area contributed by atoms with E-state index in [-0.39, 0.29) is 5.56 Å². The van der Waals surface area contributed by atoms with Crippen LogP contribution in [-0.2, 0) is 12.8 Å². The Morgan fingerprint density at radius 3 is 2.41 bits per heavy atom. The zero-order valence-electron chi connectivity index (χ0n) is 9.31. The van der Waals surface area contributed by atoms with Crippen LogP contribution in [0.2, 0.25) is 0 Å². The van der Waals surface area contributed by atoms with Gasteiger partial charge in [0.1, 0.15) is 6.42 Å². The smallest absolute Gasteiger partial charge is 0.294 e. The number of alkyl halides is 3. The lowest BCUT2D eigenvalue weighted by Crippen LogP contribution is -2.15. The lowest BCUT2D eigenvalue weighted by atomic mass is 9.89. The highest BCUT2D eigenvalue weighted by Crippen LogP contribution is 2.25. The van der Waals surface area contributed by atoms with Crippen molar-refractivity contribution < 1.29 is 18.0 Å². The summed E-state index contributed by atoms with van der Waals surface area (Å²) in [5.41, 5.74) is 2.38. The standard InChI is InChI=1S/C13H13F3O/c14-13(15,16)8-12(17)11-6-5-9-3-1-2-4-10(9)7-11/h5-7H,1-4,8H2. The molecular weight excluding hydrogens is 229 g/mol. The Kier molecular flexibility index (Phi) is 3.22. The van der Waals surface area contributed by atoms with E-state index in [0.717, 1.165) is 31.2 Å². The van der Waals surface area contributed by atoms with Gasteiger partial charge < -0.3 is 0 Å². The van der Waals surface area contributed by atoms with Crippen molar-refractivity contribution in [1.82, 2.24) is 0 Å². The number of aryl methyl sites for hydroxylation is 2. The van der Waals surface area contributed by atoms with E-state index in [1.54, 1.807) is 12.1 Å². The first-order valence-corrected chi connectivity index (χ1v) is 5.67. The van der Waals surface area contributed by atoms with E-state index in [1.165, 1.54) is 11.6 Å². The van der Waals surface area contributed by atoms with Crippen LogP contribution in [0.3, 0.4) is 0 Å². The van der Waals surface area contributed by atoms with Crippen LogP contribution in [0, 0.1) is 0 Å². The number of hydrogen-bond acceptors (Lipinski definition) is 1. The zero-order valence-corrected chi connectivity index (χ0v) is 9.31. The van der Waals surface area contributed by atoms with Crippen molar-refractivity contribution in [1.29, 1.82) is 0 Å². The predicted molar refractivity (Wildman–Crippen MR) is 58.1 cm³/mol. The molecule has 0 aromatic heterocycles. The van der Waals surface area contributed by atoms with Gasteiger partial charge in [-0.15, -0.1) is 0 Å². The summed E-state index contributed by atoms with van der Waals surface area (Å²) in [7, 11) is 0. The second kappa shape index (κ2) is 4.51. The van der Waals surface area contributed by atoms with Crippen molar-refractivity contribution in [3.63, 3.8) is 0 Å². The fourth-order valence-corrected chi connectivity index (χ4v) is 2.19. The highest BCUT2D eigenvalue weighted by atomic mass is 19.4. The second-order valence-electron chi connectivity index (χ2n) is 4.41. The van der Waals surface area contributed by atoms with Gasteiger partial charge in [0.25, 0.3) is 0 Å². The highest BCUT2D eigenvalue weighted by molar-refractivity contribution is 5.96. The van der Waals surface area contributed by atoms with Crippen LogP contribution in [0.1, 0.15) is 40.7 Å². The van der Waals surface area contributed by atoms with Gasteiger partial charge in [0, 0.05) is 5.56 Å². The average molecular weight is 242 g/mol. The molecule has 0 saturated heterocycles. The average Bonchev–Trinajstić information content (AvgIpc) is 2.26. The molecule has 17 heavy (non-hydrogen) atoms. The Morgan fingerprint density at radius 2 is 1.76 bits per heavy atom. The van der Waals surface area contributed by atoms with Crippen molar-refractivity contribution in [3.8, 4) is 0 Å². The first-order valence-electron chi connectivity index (χ1n) is 5.67. The lowest BCUT2D eigenvalue weighted by molar-refractivity contribution is -0.125. The minimum absolute atomic E-state index is 0.183. The summed E-state index contributed by atoms with van der Waals surface area (Å²) in [5, 5.41) is 0. The highest BCUT2D eigenvalue weighted by Gasteiger charge is 2.31. The molecule has 0 heterocycles. The van der Waals surface area contributed by atoms with Gasteiger partial charge >= 0.3 is 6.18 Å². The summed E-state index contributed by atoms with van der Waals surface area (Å²) in [4.78, 5) is 11.4. The number of carbonyl (C=O) groups is 1. The number of benzene rings is 1. The Hall–Kier alpha value is -1.32. The number of carbonyl (C=O) groups excluding carboxylic acids is 1. The third kappa shape index (κ3) is 3.08. The predicted octanol–water partition coefficient (Wildman–Crippen LogP) is 3.70. The maximum Gasteiger partial charge on any atom is 0.396 e. The monoisotopic (exact) mass is 242 g/mol. The van der Waals surface area contributed by atoms with Crippen LogP contribution < -0.4 is 0 Å². The summed E-state index contributed by atoms with van der Waals surface area (Å²) in [6.07, 6.45) is -1.81. The van der Waals surface area contributed by atoms with Crippen LogP contribution >= 0.6 is 0 Å². The van der Waals surface area contributed by atoms with E-state index in [2.05, 4.69) is 0 Å². The van der Waals surface area contributed by atoms with Crippen LogP contribution in [0.5, 0.6) is 0 Å². The van der Waals surface area contributed by atoms with Gasteiger partial charge in [-0.05, 0) is 42.9 Å². The summed E-state index contributed by atoms with van der Waals surface area (Å²) in [5.74, 6) is -0.842. The van der Waals surface area contributed by atoms with E-state index in [0.29, 0.717) is 0 Å². The van der Waals surface area contributed by atoms with Gasteiger partial charge in [0.05, 0.1) is 0 Å². The molecule has 1 aromatic rings. The first kappa shape index (κ1) is 12.1. The summed E-state index contributed by atoms with van der Waals surface area (Å²) >= 11 is 0. The van der Waals surface area contributed by atoms with Gasteiger partial charge in [0.2, 0.25) is 0 Å². The van der Waals surface area contributed by atoms with E-state index in [4.69, 9.17) is 0 Å². The normalized spacial score (nSPS) is 15.5. The molecule has 0 N–H and O–H groups in total. The minimum Gasteiger partial charge on any atom is -0.294 e. The lowest BCUT2D eigenvalue weighted by Gasteiger charge is -2.16. The molecule has 1 aliphatic carbocycles. The molecule has 0 spiro atoms. The molecule has 1 aliphatic rings. The van der Waals surface area contributed by atoms with E-state index >= 15 is 0 Å². The molecule has 0 bridgehead atoms. The van der Waals surface area contributed by atoms with Gasteiger partial charge in [0.15, 0.2) is 5.78 Å². The molecule has 0 radical (unpaired) electrons. The fourth-order valence-electron chi connectivity index (χ4n) is 2.19. The quantitative estimate of drug-likeness (QED) is 0.723. The van der Waals surface area contributed by atoms with Crippen molar-refractivity contribution in [3.05, 3.63) is 34.9 Å². The van der Waals surface area contributed by atoms with Gasteiger partial charge in [-0.25, -0.2) is 0 Å². The van der Waals surface area contributed by atoms with Gasteiger partial charge in [-0.1, -0.05) is 12.1 Å². The van der Waals surface area contributed by atoms with Crippen LogP contribution in [-0.4, -0.2) is 12.0 Å². The zero-order chi connectivity index (χ0) is 12.5. The molecule has 4 heteroatoms. The Morgan fingerprint density at radius 1 is 1.12 bits per heavy atom. The molecule has 0 saturated carbocycles. The van der Waals surface area contributed by atoms with Crippen molar-refractivity contribution in [2.24, 2.45) is 0 Å². The molecule has 0 amide bonds. The number of halogens is 3. The largest absolute Gasteiger partial charge is 0.396 e. The maximum atomic E-state index is 12.1. The van der Waals surface area contributed by atoms with Crippen LogP contribution in [0.4, 0.5) is 13.2 Å². The Balaban J connectivity index is 2.19. The summed E-state index contributed by atoms with van der Waals surface area (Å²) in [6.45, 7) is 0. The minimum atomic E-state index is -4.42. The van der Waals surface area contributed by atoms with Crippen LogP contribution in [0.25, 0.3) is 0 Å². The van der Waals surface area contributed by atoms with E-state index < -0.39 is 18.4 Å². The Bertz CT molecular complexity index is 435. The van der Waals surface area contributed by atoms with Crippen molar-refractivity contribution in [2.75, 3.05) is 0 Å². The molecule has 0 aliphatic heterocycles. The second-order valence-corrected chi connectivity index (χ2v) is 4.41. The molecule has 92 valence electrons. The summed E-state index contributed by atoms with van der Waals surface area (Å²) in [6, 6.07) is 4.93. The summed E-state index contributed by atoms with van der Waals surface area (Å²) < 4.78 is 36.3. The number of Topliss-reactive ketones (excluding diaryl/α,β-unsaturated/α-hetero) is 1. The van der Waals surface area contributed by atoms with Crippen molar-refractivity contribution >= 4 is 5.78 Å². The molecule has 0 fully saturated rings. The third-order valence-electron chi connectivity index (χ3n) is 3.03. The van der Waals surface area contributed by atoms with Gasteiger partial charge in [-0.2, -0.15) is 13.2 Å². The maximum absolute atomic E-state index is 12.1. The third-order valence-corrected chi connectivity index (χ3v) is 3.03. The molecule has 1 aromatic carbocycles. The molecule has 2 rings (SSSR count). The molecular formula is C13H13F3O. The number of ketones is 1. The fraction of sp³-hybridized carbons (Fsp3) is 0.462. The topological polar surface area (TPSA) is 17.1 Å². The number of rotatable bonds is 2.